The highest BCUT2D eigenvalue weighted by Gasteiger charge is 2.29. The Kier molecular flexibility index (Phi) is 5.21. The van der Waals surface area contributed by atoms with Gasteiger partial charge in [-0.2, -0.15) is 0 Å². The topological polar surface area (TPSA) is 32.8 Å². The van der Waals surface area contributed by atoms with E-state index in [0.717, 1.165) is 49.5 Å². The lowest BCUT2D eigenvalue weighted by atomic mass is 9.86. The van der Waals surface area contributed by atoms with Gasteiger partial charge in [0.25, 0.3) is 5.91 Å². The van der Waals surface area contributed by atoms with Gasteiger partial charge in [0.15, 0.2) is 0 Å². The molecule has 0 aromatic heterocycles. The first kappa shape index (κ1) is 16.3. The summed E-state index contributed by atoms with van der Waals surface area (Å²) in [6.07, 6.45) is 5.40. The van der Waals surface area contributed by atoms with E-state index in [1.54, 1.807) is 7.11 Å². The van der Waals surface area contributed by atoms with E-state index in [1.807, 2.05) is 29.2 Å². The first-order chi connectivity index (χ1) is 11.2. The third kappa shape index (κ3) is 3.86. The van der Waals surface area contributed by atoms with Gasteiger partial charge in [-0.1, -0.05) is 19.8 Å². The number of hydrogen-bond donors (Lipinski definition) is 0. The molecular weight excluding hydrogens is 288 g/mol. The number of carbonyl (C=O) groups excluding carboxylic acids is 1. The fourth-order valence-electron chi connectivity index (χ4n) is 3.94. The summed E-state index contributed by atoms with van der Waals surface area (Å²) in [6.45, 7) is 6.08. The Balaban J connectivity index is 1.54. The van der Waals surface area contributed by atoms with Gasteiger partial charge < -0.3 is 9.64 Å². The molecule has 1 saturated carbocycles. The van der Waals surface area contributed by atoms with E-state index >= 15 is 0 Å². The molecule has 1 aliphatic heterocycles. The van der Waals surface area contributed by atoms with E-state index in [1.165, 1.54) is 25.7 Å². The summed E-state index contributed by atoms with van der Waals surface area (Å²) in [7, 11) is 1.64. The van der Waals surface area contributed by atoms with Crippen LogP contribution in [0.2, 0.25) is 0 Å². The summed E-state index contributed by atoms with van der Waals surface area (Å²) >= 11 is 0. The molecular formula is C19H28N2O2. The highest BCUT2D eigenvalue weighted by molar-refractivity contribution is 5.94. The van der Waals surface area contributed by atoms with Crippen LogP contribution in [-0.2, 0) is 0 Å². The van der Waals surface area contributed by atoms with Gasteiger partial charge in [0.1, 0.15) is 5.75 Å². The molecule has 1 aromatic carbocycles. The summed E-state index contributed by atoms with van der Waals surface area (Å²) in [4.78, 5) is 17.2. The number of hydrogen-bond acceptors (Lipinski definition) is 3. The number of amides is 1. The Labute approximate surface area is 139 Å². The standard InChI is InChI=1S/C19H28N2O2/c1-15-4-3-5-17(14-15)20-10-12-21(13-11-20)19(22)16-6-8-18(23-2)9-7-16/h6-9,15,17H,3-5,10-14H2,1-2H3/t15-,17-/m1/s1. The minimum Gasteiger partial charge on any atom is -0.497 e. The molecule has 4 heteroatoms. The maximum atomic E-state index is 12.6. The van der Waals surface area contributed by atoms with Crippen molar-refractivity contribution in [3.05, 3.63) is 29.8 Å². The molecule has 1 aliphatic carbocycles. The molecule has 0 bridgehead atoms. The van der Waals surface area contributed by atoms with Gasteiger partial charge in [-0.05, 0) is 43.0 Å². The van der Waals surface area contributed by atoms with Crippen molar-refractivity contribution in [2.24, 2.45) is 5.92 Å². The summed E-state index contributed by atoms with van der Waals surface area (Å²) in [5.41, 5.74) is 0.755. The Bertz CT molecular complexity index is 521. The van der Waals surface area contributed by atoms with E-state index in [9.17, 15) is 4.79 Å². The fraction of sp³-hybridized carbons (Fsp3) is 0.632. The van der Waals surface area contributed by atoms with E-state index < -0.39 is 0 Å². The van der Waals surface area contributed by atoms with Gasteiger partial charge in [0.2, 0.25) is 0 Å². The second-order valence-electron chi connectivity index (χ2n) is 6.98. The van der Waals surface area contributed by atoms with E-state index in [4.69, 9.17) is 4.74 Å². The number of benzene rings is 1. The normalized spacial score (nSPS) is 26.1. The van der Waals surface area contributed by atoms with Crippen LogP contribution < -0.4 is 4.74 Å². The van der Waals surface area contributed by atoms with Crippen LogP contribution in [-0.4, -0.2) is 55.0 Å². The van der Waals surface area contributed by atoms with Crippen LogP contribution in [0.25, 0.3) is 0 Å². The Morgan fingerprint density at radius 1 is 1.09 bits per heavy atom. The highest BCUT2D eigenvalue weighted by atomic mass is 16.5. The van der Waals surface area contributed by atoms with Crippen LogP contribution in [0.3, 0.4) is 0 Å². The average molecular weight is 316 g/mol. The lowest BCUT2D eigenvalue weighted by molar-refractivity contribution is 0.0489. The van der Waals surface area contributed by atoms with E-state index in [-0.39, 0.29) is 5.91 Å². The zero-order valence-corrected chi connectivity index (χ0v) is 14.3. The van der Waals surface area contributed by atoms with Gasteiger partial charge in [0, 0.05) is 37.8 Å². The van der Waals surface area contributed by atoms with Gasteiger partial charge in [0.05, 0.1) is 7.11 Å². The van der Waals surface area contributed by atoms with Gasteiger partial charge in [-0.25, -0.2) is 0 Å². The Morgan fingerprint density at radius 2 is 1.78 bits per heavy atom. The molecule has 2 atom stereocenters. The summed E-state index contributed by atoms with van der Waals surface area (Å²) in [5, 5.41) is 0. The van der Waals surface area contributed by atoms with Crippen LogP contribution >= 0.6 is 0 Å². The van der Waals surface area contributed by atoms with Crippen LogP contribution in [0.15, 0.2) is 24.3 Å². The number of rotatable bonds is 3. The van der Waals surface area contributed by atoms with Crippen molar-refractivity contribution in [2.45, 2.75) is 38.6 Å². The molecule has 126 valence electrons. The van der Waals surface area contributed by atoms with Crippen molar-refractivity contribution < 1.29 is 9.53 Å². The minimum atomic E-state index is 0.143. The second kappa shape index (κ2) is 7.35. The van der Waals surface area contributed by atoms with Crippen molar-refractivity contribution in [3.8, 4) is 5.75 Å². The number of piperazine rings is 1. The highest BCUT2D eigenvalue weighted by Crippen LogP contribution is 2.28. The largest absolute Gasteiger partial charge is 0.497 e. The molecule has 0 radical (unpaired) electrons. The molecule has 4 nitrogen and oxygen atoms in total. The number of ether oxygens (including phenoxy) is 1. The summed E-state index contributed by atoms with van der Waals surface area (Å²) in [6, 6.07) is 8.16. The van der Waals surface area contributed by atoms with E-state index in [2.05, 4.69) is 11.8 Å². The predicted octanol–water partition coefficient (Wildman–Crippen LogP) is 3.03. The maximum Gasteiger partial charge on any atom is 0.253 e. The zero-order chi connectivity index (χ0) is 16.2. The molecule has 0 spiro atoms. The molecule has 1 saturated heterocycles. The van der Waals surface area contributed by atoms with Crippen LogP contribution in [0, 0.1) is 5.92 Å². The van der Waals surface area contributed by atoms with Crippen LogP contribution in [0.5, 0.6) is 5.75 Å². The molecule has 3 rings (SSSR count). The van der Waals surface area contributed by atoms with Crippen molar-refractivity contribution >= 4 is 5.91 Å². The first-order valence-electron chi connectivity index (χ1n) is 8.84. The monoisotopic (exact) mass is 316 g/mol. The van der Waals surface area contributed by atoms with Gasteiger partial charge in [-0.3, -0.25) is 9.69 Å². The number of carbonyl (C=O) groups is 1. The third-order valence-electron chi connectivity index (χ3n) is 5.36. The molecule has 1 amide bonds. The van der Waals surface area contributed by atoms with Crippen LogP contribution in [0.1, 0.15) is 43.0 Å². The van der Waals surface area contributed by atoms with Crippen molar-refractivity contribution in [2.75, 3.05) is 33.3 Å². The van der Waals surface area contributed by atoms with E-state index in [0.29, 0.717) is 0 Å². The second-order valence-corrected chi connectivity index (χ2v) is 6.98. The van der Waals surface area contributed by atoms with Gasteiger partial charge in [-0.15, -0.1) is 0 Å². The Morgan fingerprint density at radius 3 is 2.39 bits per heavy atom. The van der Waals surface area contributed by atoms with Crippen molar-refractivity contribution in [1.82, 2.24) is 9.80 Å². The fourth-order valence-corrected chi connectivity index (χ4v) is 3.94. The molecule has 2 fully saturated rings. The van der Waals surface area contributed by atoms with Crippen LogP contribution in [0.4, 0.5) is 0 Å². The lowest BCUT2D eigenvalue weighted by Crippen LogP contribution is -2.52. The van der Waals surface area contributed by atoms with Crippen molar-refractivity contribution in [1.29, 1.82) is 0 Å². The molecule has 0 N–H and O–H groups in total. The quantitative estimate of drug-likeness (QED) is 0.859. The lowest BCUT2D eigenvalue weighted by Gasteiger charge is -2.42. The smallest absolute Gasteiger partial charge is 0.253 e. The molecule has 1 aromatic rings. The first-order valence-corrected chi connectivity index (χ1v) is 8.84. The summed E-state index contributed by atoms with van der Waals surface area (Å²) in [5.74, 6) is 1.79. The molecule has 1 heterocycles. The maximum absolute atomic E-state index is 12.6. The number of methoxy groups -OCH3 is 1. The van der Waals surface area contributed by atoms with Gasteiger partial charge >= 0.3 is 0 Å². The van der Waals surface area contributed by atoms with Crippen molar-refractivity contribution in [3.63, 3.8) is 0 Å². The minimum absolute atomic E-state index is 0.143. The number of nitrogens with zero attached hydrogens (tertiary/aromatic N) is 2. The molecule has 2 aliphatic rings. The predicted molar refractivity (Wildman–Crippen MR) is 91.9 cm³/mol. The average Bonchev–Trinajstić information content (AvgIpc) is 2.61. The third-order valence-corrected chi connectivity index (χ3v) is 5.36. The molecule has 0 unspecified atom stereocenters. The SMILES string of the molecule is COc1ccc(C(=O)N2CCN([C@@H]3CCC[C@@H](C)C3)CC2)cc1. The summed E-state index contributed by atoms with van der Waals surface area (Å²) < 4.78 is 5.15. The Hall–Kier alpha value is -1.55. The zero-order valence-electron chi connectivity index (χ0n) is 14.3. The molecule has 23 heavy (non-hydrogen) atoms.